The number of likely N-dealkylation sites (tertiary alicyclic amines) is 12. The van der Waals surface area contributed by atoms with Crippen molar-refractivity contribution in [2.24, 2.45) is 32.5 Å². The molecule has 0 aliphatic carbocycles. The lowest BCUT2D eigenvalue weighted by Gasteiger charge is -2.62. The molecule has 6 spiro atoms. The molecule has 12 heterocycles. The van der Waals surface area contributed by atoms with Gasteiger partial charge in [0.25, 0.3) is 0 Å². The summed E-state index contributed by atoms with van der Waals surface area (Å²) in [7, 11) is 0. The zero-order valence-electron chi connectivity index (χ0n) is 73.9. The fourth-order valence-electron chi connectivity index (χ4n) is 17.4. The maximum atomic E-state index is 2.67. The molecule has 12 rings (SSSR count). The third-order valence-corrected chi connectivity index (χ3v) is 24.6. The van der Waals surface area contributed by atoms with Crippen molar-refractivity contribution < 1.29 is 0 Å². The molecule has 12 aliphatic heterocycles. The topological polar surface area (TPSA) is 38.9 Å². The molecule has 0 radical (unpaired) electrons. The molecule has 0 aromatic carbocycles. The second-order valence-electron chi connectivity index (χ2n) is 35.5. The van der Waals surface area contributed by atoms with Gasteiger partial charge in [-0.3, -0.25) is 34.3 Å². The van der Waals surface area contributed by atoms with E-state index in [0.29, 0.717) is 32.5 Å². The molecule has 0 N–H and O–H groups in total. The fourth-order valence-corrected chi connectivity index (χ4v) is 17.4. The highest BCUT2D eigenvalue weighted by molar-refractivity contribution is 5.08. The first kappa shape index (κ1) is 95.5. The molecule has 0 aromatic heterocycles. The number of nitrogens with zero attached hydrogens (tertiary/aromatic N) is 12. The number of rotatable bonds is 12. The Labute approximate surface area is 618 Å². The molecule has 12 nitrogen and oxygen atoms in total. The van der Waals surface area contributed by atoms with Crippen molar-refractivity contribution in [2.75, 3.05) is 157 Å². The van der Waals surface area contributed by atoms with Crippen LogP contribution in [0.4, 0.5) is 0 Å². The Balaban J connectivity index is 0.000000570. The van der Waals surface area contributed by atoms with Crippen molar-refractivity contribution in [2.45, 2.75) is 373 Å². The van der Waals surface area contributed by atoms with Gasteiger partial charge < -0.3 is 24.5 Å². The van der Waals surface area contributed by atoms with Crippen LogP contribution in [0.5, 0.6) is 0 Å². The largest absolute Gasteiger partial charge is 0.301 e. The first-order chi connectivity index (χ1) is 46.1. The van der Waals surface area contributed by atoms with Crippen molar-refractivity contribution in [1.29, 1.82) is 0 Å². The van der Waals surface area contributed by atoms with Gasteiger partial charge in [-0.05, 0) is 274 Å². The van der Waals surface area contributed by atoms with Gasteiger partial charge in [-0.1, -0.05) is 83.1 Å². The van der Waals surface area contributed by atoms with Crippen LogP contribution in [0.3, 0.4) is 0 Å². The molecular weight excluding hydrogens is 1200 g/mol. The fraction of sp³-hybridized carbons (Fsp3) is 1.00. The molecule has 12 fully saturated rings. The maximum Gasteiger partial charge on any atom is 0.0212 e. The molecule has 0 saturated carbocycles. The van der Waals surface area contributed by atoms with Crippen LogP contribution >= 0.6 is 0 Å². The second-order valence-corrected chi connectivity index (χ2v) is 35.5. The highest BCUT2D eigenvalue weighted by Gasteiger charge is 2.54. The van der Waals surface area contributed by atoms with Crippen molar-refractivity contribution in [1.82, 2.24) is 58.8 Å². The summed E-state index contributed by atoms with van der Waals surface area (Å²) in [5.74, 6) is 0. The second kappa shape index (κ2) is 45.2. The summed E-state index contributed by atoms with van der Waals surface area (Å²) < 4.78 is 0. The molecule has 12 heteroatoms. The van der Waals surface area contributed by atoms with E-state index in [2.05, 4.69) is 225 Å². The summed E-state index contributed by atoms with van der Waals surface area (Å²) in [5, 5.41) is 0. The molecule has 98 heavy (non-hydrogen) atoms. The average molecular weight is 1390 g/mol. The van der Waals surface area contributed by atoms with E-state index in [4.69, 9.17) is 0 Å². The van der Waals surface area contributed by atoms with E-state index in [1.807, 2.05) is 83.1 Å². The monoisotopic (exact) mass is 1390 g/mol. The van der Waals surface area contributed by atoms with E-state index >= 15 is 0 Å². The lowest BCUT2D eigenvalue weighted by molar-refractivity contribution is -0.135. The van der Waals surface area contributed by atoms with Crippen LogP contribution in [-0.2, 0) is 0 Å². The summed E-state index contributed by atoms with van der Waals surface area (Å²) in [5.41, 5.74) is 4.12. The molecule has 0 atom stereocenters. The molecule has 0 amide bonds. The lowest BCUT2D eigenvalue weighted by atomic mass is 9.71. The van der Waals surface area contributed by atoms with Crippen molar-refractivity contribution in [3.05, 3.63) is 0 Å². The normalized spacial score (nSPS) is 24.7. The van der Waals surface area contributed by atoms with E-state index in [9.17, 15) is 0 Å². The summed E-state index contributed by atoms with van der Waals surface area (Å²) in [6, 6.07) is 8.91. The van der Waals surface area contributed by atoms with Gasteiger partial charge in [-0.2, -0.15) is 0 Å². The van der Waals surface area contributed by atoms with Gasteiger partial charge in [0.05, 0.1) is 0 Å². The highest BCUT2D eigenvalue weighted by Crippen LogP contribution is 2.46. The minimum atomic E-state index is 0.660. The van der Waals surface area contributed by atoms with Crippen molar-refractivity contribution in [3.63, 3.8) is 0 Å². The predicted molar refractivity (Wildman–Crippen MR) is 440 cm³/mol. The van der Waals surface area contributed by atoms with Gasteiger partial charge >= 0.3 is 0 Å². The molecular formula is C86H184N12. The van der Waals surface area contributed by atoms with Crippen LogP contribution in [0.25, 0.3) is 0 Å². The molecule has 0 unspecified atom stereocenters. The van der Waals surface area contributed by atoms with Crippen LogP contribution in [0, 0.1) is 32.5 Å². The quantitative estimate of drug-likeness (QED) is 0.187. The van der Waals surface area contributed by atoms with Crippen LogP contribution in [0.1, 0.15) is 301 Å². The third kappa shape index (κ3) is 27.7. The van der Waals surface area contributed by atoms with E-state index in [-0.39, 0.29) is 0 Å². The minimum absolute atomic E-state index is 0.660. The maximum absolute atomic E-state index is 2.67. The first-order valence-corrected chi connectivity index (χ1v) is 43.0. The summed E-state index contributed by atoms with van der Waals surface area (Å²) >= 11 is 0. The highest BCUT2D eigenvalue weighted by atomic mass is 15.3. The molecule has 0 aromatic rings. The Morgan fingerprint density at radius 3 is 0.459 bits per heavy atom. The number of hydrogen-bond acceptors (Lipinski definition) is 12. The Hall–Kier alpha value is -0.480. The van der Waals surface area contributed by atoms with E-state index in [1.165, 1.54) is 208 Å². The van der Waals surface area contributed by atoms with E-state index in [1.54, 1.807) is 0 Å². The number of piperidine rings is 3. The van der Waals surface area contributed by atoms with Crippen LogP contribution < -0.4 is 0 Å². The SMILES string of the molecule is CC.CC.CC.CC.CC.CC.CC(C)N1CC2(C1)CN(C(C)C)C2.CC(C)N1CCC2(C1)CN(C(C)C)C2.CC(C)N1CCC2(C1)CN(C(C)C)C2.CC(C)N1CCC2(CC1)CN(C(C)C)C2.CC(C)N1CCC2(CC1)CN(C(C)C)C2.CC(C)N1CCCC2(C1)CN(C(C)C)C2. The molecule has 0 bridgehead atoms. The van der Waals surface area contributed by atoms with Gasteiger partial charge in [-0.25, -0.2) is 0 Å². The average Bonchev–Trinajstić information content (AvgIpc) is 1.03. The van der Waals surface area contributed by atoms with Crippen LogP contribution in [0.2, 0.25) is 0 Å². The van der Waals surface area contributed by atoms with Gasteiger partial charge in [0.15, 0.2) is 0 Å². The summed E-state index contributed by atoms with van der Waals surface area (Å²) in [4.78, 5) is 31.4. The van der Waals surface area contributed by atoms with E-state index < -0.39 is 0 Å². The third-order valence-electron chi connectivity index (χ3n) is 24.6. The van der Waals surface area contributed by atoms with Gasteiger partial charge in [0.2, 0.25) is 0 Å². The summed E-state index contributed by atoms with van der Waals surface area (Å²) in [6.07, 6.45) is 11.4. The Bertz CT molecular complexity index is 1830. The van der Waals surface area contributed by atoms with Crippen molar-refractivity contribution in [3.8, 4) is 0 Å². The Morgan fingerprint density at radius 2 is 0.276 bits per heavy atom. The van der Waals surface area contributed by atoms with Gasteiger partial charge in [0, 0.05) is 205 Å². The predicted octanol–water partition coefficient (Wildman–Crippen LogP) is 17.8. The molecule has 12 saturated heterocycles. The summed E-state index contributed by atoms with van der Waals surface area (Å²) in [6.45, 7) is 112. The van der Waals surface area contributed by atoms with Crippen LogP contribution in [0.15, 0.2) is 0 Å². The first-order valence-electron chi connectivity index (χ1n) is 43.0. The Kier molecular flexibility index (Phi) is 44.1. The molecule has 12 aliphatic rings. The molecule has 588 valence electrons. The zero-order chi connectivity index (χ0) is 75.5. The lowest BCUT2D eigenvalue weighted by Crippen LogP contribution is -2.73. The van der Waals surface area contributed by atoms with Crippen molar-refractivity contribution >= 4 is 0 Å². The standard InChI is InChI=1S/3C13H26N2.2C12H24N2.C11H22N2.6C2H6/c2*1-11(2)14-7-5-13(6-8-14)9-15(10-13)12(3)4;1-11(2)14-7-5-6-13(8-14)9-15(10-13)12(3)4;2*1-10(2)13-6-5-12(7-13)8-14(9-12)11(3)4;1-9(2)12-5-11(6-12)7-13(8-11)10(3)4;6*1-2/h3*11-12H,5-10H2,1-4H3;2*10-11H,5-9H2,1-4H3;9-10H,5-8H2,1-4H3;6*1-2H3. The van der Waals surface area contributed by atoms with Crippen LogP contribution in [-0.4, -0.2) is 288 Å². The smallest absolute Gasteiger partial charge is 0.0212 e. The zero-order valence-corrected chi connectivity index (χ0v) is 73.9. The van der Waals surface area contributed by atoms with Gasteiger partial charge in [0.1, 0.15) is 0 Å². The van der Waals surface area contributed by atoms with E-state index in [0.717, 1.165) is 72.5 Å². The Morgan fingerprint density at radius 1 is 0.143 bits per heavy atom. The van der Waals surface area contributed by atoms with Gasteiger partial charge in [-0.15, -0.1) is 0 Å². The number of hydrogen-bond donors (Lipinski definition) is 0. The minimum Gasteiger partial charge on any atom is -0.301 e.